The molecule has 2 rings (SSSR count). The van der Waals surface area contributed by atoms with Crippen LogP contribution in [-0.2, 0) is 0 Å². The summed E-state index contributed by atoms with van der Waals surface area (Å²) in [7, 11) is 0. The highest BCUT2D eigenvalue weighted by atomic mass is 14.6. The standard InChI is InChI=1S/C13H19N/c1-9(2)7-10-8-12(10)11-5-3-4-6-13(11)14/h3-6,9-10,12H,7-8,14H2,1-2H3. The summed E-state index contributed by atoms with van der Waals surface area (Å²) in [4.78, 5) is 0. The lowest BCUT2D eigenvalue weighted by Crippen LogP contribution is -1.95. The smallest absolute Gasteiger partial charge is 0.0349 e. The van der Waals surface area contributed by atoms with Gasteiger partial charge >= 0.3 is 0 Å². The molecule has 0 saturated heterocycles. The van der Waals surface area contributed by atoms with E-state index in [4.69, 9.17) is 5.73 Å². The topological polar surface area (TPSA) is 26.0 Å². The SMILES string of the molecule is CC(C)CC1CC1c1ccccc1N. The van der Waals surface area contributed by atoms with Gasteiger partial charge in [0.25, 0.3) is 0 Å². The van der Waals surface area contributed by atoms with Crippen molar-refractivity contribution in [3.63, 3.8) is 0 Å². The van der Waals surface area contributed by atoms with Gasteiger partial charge in [0.15, 0.2) is 0 Å². The molecule has 76 valence electrons. The van der Waals surface area contributed by atoms with Crippen LogP contribution in [0.3, 0.4) is 0 Å². The van der Waals surface area contributed by atoms with Gasteiger partial charge in [0, 0.05) is 5.69 Å². The molecule has 2 atom stereocenters. The molecule has 0 aromatic heterocycles. The first-order valence-electron chi connectivity index (χ1n) is 5.53. The maximum absolute atomic E-state index is 5.95. The number of anilines is 1. The van der Waals surface area contributed by atoms with Crippen LogP contribution in [0.25, 0.3) is 0 Å². The van der Waals surface area contributed by atoms with Crippen molar-refractivity contribution in [1.29, 1.82) is 0 Å². The van der Waals surface area contributed by atoms with Gasteiger partial charge in [-0.15, -0.1) is 0 Å². The Morgan fingerprint density at radius 1 is 1.36 bits per heavy atom. The Bertz CT molecular complexity index is 317. The van der Waals surface area contributed by atoms with Crippen LogP contribution >= 0.6 is 0 Å². The minimum atomic E-state index is 0.749. The normalized spacial score (nSPS) is 25.4. The number of para-hydroxylation sites is 1. The maximum Gasteiger partial charge on any atom is 0.0349 e. The zero-order valence-corrected chi connectivity index (χ0v) is 9.03. The fourth-order valence-electron chi connectivity index (χ4n) is 2.34. The van der Waals surface area contributed by atoms with E-state index in [2.05, 4.69) is 26.0 Å². The van der Waals surface area contributed by atoms with Gasteiger partial charge in [0.05, 0.1) is 0 Å². The molecule has 2 N–H and O–H groups in total. The highest BCUT2D eigenvalue weighted by Crippen LogP contribution is 2.52. The van der Waals surface area contributed by atoms with Crippen LogP contribution in [0.4, 0.5) is 5.69 Å². The Labute approximate surface area is 86.3 Å². The van der Waals surface area contributed by atoms with Gasteiger partial charge in [-0.05, 0) is 42.2 Å². The van der Waals surface area contributed by atoms with E-state index >= 15 is 0 Å². The molecular formula is C13H19N. The predicted octanol–water partition coefficient (Wildman–Crippen LogP) is 3.42. The molecule has 1 fully saturated rings. The van der Waals surface area contributed by atoms with Crippen LogP contribution in [-0.4, -0.2) is 0 Å². The highest BCUT2D eigenvalue weighted by Gasteiger charge is 2.38. The third-order valence-electron chi connectivity index (χ3n) is 3.09. The fourth-order valence-corrected chi connectivity index (χ4v) is 2.34. The van der Waals surface area contributed by atoms with E-state index in [-0.39, 0.29) is 0 Å². The monoisotopic (exact) mass is 189 g/mol. The van der Waals surface area contributed by atoms with Crippen molar-refractivity contribution in [2.24, 2.45) is 11.8 Å². The van der Waals surface area contributed by atoms with Crippen LogP contribution in [0.5, 0.6) is 0 Å². The van der Waals surface area contributed by atoms with Crippen LogP contribution in [0.15, 0.2) is 24.3 Å². The van der Waals surface area contributed by atoms with E-state index in [1.807, 2.05) is 12.1 Å². The lowest BCUT2D eigenvalue weighted by Gasteiger charge is -2.06. The second kappa shape index (κ2) is 3.64. The summed E-state index contributed by atoms with van der Waals surface area (Å²) in [6, 6.07) is 8.30. The van der Waals surface area contributed by atoms with Crippen molar-refractivity contribution in [2.75, 3.05) is 5.73 Å². The molecule has 2 unspecified atom stereocenters. The molecule has 1 heteroatoms. The van der Waals surface area contributed by atoms with Crippen molar-refractivity contribution in [1.82, 2.24) is 0 Å². The first-order valence-corrected chi connectivity index (χ1v) is 5.53. The molecular weight excluding hydrogens is 170 g/mol. The number of hydrogen-bond acceptors (Lipinski definition) is 1. The molecule has 1 saturated carbocycles. The molecule has 1 aliphatic rings. The Balaban J connectivity index is 2.03. The number of rotatable bonds is 3. The number of nitrogen functional groups attached to an aromatic ring is 1. The van der Waals surface area contributed by atoms with Crippen molar-refractivity contribution < 1.29 is 0 Å². The highest BCUT2D eigenvalue weighted by molar-refractivity contribution is 5.50. The second-order valence-corrected chi connectivity index (χ2v) is 4.86. The molecule has 0 radical (unpaired) electrons. The van der Waals surface area contributed by atoms with Gasteiger partial charge in [-0.1, -0.05) is 32.0 Å². The van der Waals surface area contributed by atoms with Gasteiger partial charge in [-0.3, -0.25) is 0 Å². The minimum absolute atomic E-state index is 0.749. The zero-order valence-electron chi connectivity index (χ0n) is 9.03. The van der Waals surface area contributed by atoms with Crippen molar-refractivity contribution in [3.05, 3.63) is 29.8 Å². The van der Waals surface area contributed by atoms with Gasteiger partial charge in [-0.2, -0.15) is 0 Å². The maximum atomic E-state index is 5.95. The van der Waals surface area contributed by atoms with Crippen molar-refractivity contribution >= 4 is 5.69 Å². The summed E-state index contributed by atoms with van der Waals surface area (Å²) in [5.74, 6) is 2.45. The molecule has 0 aliphatic heterocycles. The van der Waals surface area contributed by atoms with E-state index in [9.17, 15) is 0 Å². The quantitative estimate of drug-likeness (QED) is 0.724. The van der Waals surface area contributed by atoms with Gasteiger partial charge in [-0.25, -0.2) is 0 Å². The minimum Gasteiger partial charge on any atom is -0.398 e. The molecule has 1 aromatic carbocycles. The van der Waals surface area contributed by atoms with Crippen molar-refractivity contribution in [3.8, 4) is 0 Å². The van der Waals surface area contributed by atoms with E-state index in [0.717, 1.165) is 23.4 Å². The number of nitrogens with two attached hydrogens (primary N) is 1. The van der Waals surface area contributed by atoms with E-state index in [0.29, 0.717) is 0 Å². The van der Waals surface area contributed by atoms with Gasteiger partial charge < -0.3 is 5.73 Å². The molecule has 1 aliphatic carbocycles. The molecule has 1 nitrogen and oxygen atoms in total. The molecule has 0 bridgehead atoms. The summed E-state index contributed by atoms with van der Waals surface area (Å²) >= 11 is 0. The third kappa shape index (κ3) is 1.92. The summed E-state index contributed by atoms with van der Waals surface area (Å²) in [6.07, 6.45) is 2.69. The van der Waals surface area contributed by atoms with Gasteiger partial charge in [0.2, 0.25) is 0 Å². The van der Waals surface area contributed by atoms with Crippen LogP contribution in [0, 0.1) is 11.8 Å². The largest absolute Gasteiger partial charge is 0.398 e. The fraction of sp³-hybridized carbons (Fsp3) is 0.538. The average molecular weight is 189 g/mol. The first kappa shape index (κ1) is 9.57. The summed E-state index contributed by atoms with van der Waals surface area (Å²) < 4.78 is 0. The zero-order chi connectivity index (χ0) is 10.1. The lowest BCUT2D eigenvalue weighted by atomic mass is 10.0. The summed E-state index contributed by atoms with van der Waals surface area (Å²) in [5.41, 5.74) is 8.30. The summed E-state index contributed by atoms with van der Waals surface area (Å²) in [6.45, 7) is 4.59. The average Bonchev–Trinajstić information content (AvgIpc) is 2.83. The molecule has 0 spiro atoms. The lowest BCUT2D eigenvalue weighted by molar-refractivity contribution is 0.532. The predicted molar refractivity (Wildman–Crippen MR) is 61.2 cm³/mol. The third-order valence-corrected chi connectivity index (χ3v) is 3.09. The Morgan fingerprint density at radius 3 is 2.71 bits per heavy atom. The Hall–Kier alpha value is -0.980. The first-order chi connectivity index (χ1) is 6.68. The molecule has 0 heterocycles. The Kier molecular flexibility index (Phi) is 2.49. The van der Waals surface area contributed by atoms with Crippen molar-refractivity contribution in [2.45, 2.75) is 32.6 Å². The molecule has 14 heavy (non-hydrogen) atoms. The van der Waals surface area contributed by atoms with Crippen LogP contribution in [0.2, 0.25) is 0 Å². The summed E-state index contributed by atoms with van der Waals surface area (Å²) in [5, 5.41) is 0. The second-order valence-electron chi connectivity index (χ2n) is 4.86. The van der Waals surface area contributed by atoms with E-state index < -0.39 is 0 Å². The molecule has 0 amide bonds. The van der Waals surface area contributed by atoms with Gasteiger partial charge in [0.1, 0.15) is 0 Å². The van der Waals surface area contributed by atoms with E-state index in [1.54, 1.807) is 0 Å². The number of hydrogen-bond donors (Lipinski definition) is 1. The Morgan fingerprint density at radius 2 is 2.07 bits per heavy atom. The number of benzene rings is 1. The van der Waals surface area contributed by atoms with E-state index in [1.165, 1.54) is 18.4 Å². The van der Waals surface area contributed by atoms with Crippen LogP contribution in [0.1, 0.15) is 38.2 Å². The molecule has 1 aromatic rings. The van der Waals surface area contributed by atoms with Crippen LogP contribution < -0.4 is 5.73 Å².